The maximum Gasteiger partial charge on any atom is 0.0527 e. The van der Waals surface area contributed by atoms with E-state index < -0.39 is 0 Å². The molecule has 0 aliphatic rings. The Hall–Kier alpha value is -1.64. The SMILES string of the molecule is C=CC(C)(CC=N)CNc1cccnc1. The summed E-state index contributed by atoms with van der Waals surface area (Å²) >= 11 is 0. The van der Waals surface area contributed by atoms with E-state index in [-0.39, 0.29) is 5.41 Å². The zero-order valence-corrected chi connectivity index (χ0v) is 9.03. The topological polar surface area (TPSA) is 48.8 Å². The van der Waals surface area contributed by atoms with Crippen LogP contribution in [0.4, 0.5) is 5.69 Å². The maximum atomic E-state index is 7.13. The van der Waals surface area contributed by atoms with E-state index in [2.05, 4.69) is 23.8 Å². The molecule has 1 atom stereocenters. The molecule has 0 aliphatic heterocycles. The van der Waals surface area contributed by atoms with Crippen molar-refractivity contribution in [3.05, 3.63) is 37.2 Å². The fourth-order valence-corrected chi connectivity index (χ4v) is 1.23. The Balaban J connectivity index is 2.55. The van der Waals surface area contributed by atoms with Crippen molar-refractivity contribution in [2.75, 3.05) is 11.9 Å². The Morgan fingerprint density at radius 2 is 2.47 bits per heavy atom. The van der Waals surface area contributed by atoms with Crippen LogP contribution in [0.2, 0.25) is 0 Å². The van der Waals surface area contributed by atoms with E-state index in [0.717, 1.165) is 12.2 Å². The molecule has 3 heteroatoms. The van der Waals surface area contributed by atoms with Gasteiger partial charge in [-0.1, -0.05) is 13.0 Å². The first-order chi connectivity index (χ1) is 7.20. The molecule has 1 heterocycles. The van der Waals surface area contributed by atoms with Crippen molar-refractivity contribution in [3.63, 3.8) is 0 Å². The van der Waals surface area contributed by atoms with Gasteiger partial charge in [-0.25, -0.2) is 0 Å². The second-order valence-electron chi connectivity index (χ2n) is 3.86. The molecule has 0 amide bonds. The Morgan fingerprint density at radius 3 is 3.00 bits per heavy atom. The second-order valence-corrected chi connectivity index (χ2v) is 3.86. The van der Waals surface area contributed by atoms with Crippen LogP contribution in [-0.2, 0) is 0 Å². The standard InChI is InChI=1S/C12H17N3/c1-3-12(2,6-7-13)10-15-11-5-4-8-14-9-11/h3-5,7-9,13,15H,1,6,10H2,2H3. The molecular weight excluding hydrogens is 186 g/mol. The second kappa shape index (κ2) is 5.29. The molecular formula is C12H17N3. The van der Waals surface area contributed by atoms with E-state index in [1.54, 1.807) is 12.4 Å². The molecule has 1 unspecified atom stereocenters. The van der Waals surface area contributed by atoms with Crippen molar-refractivity contribution in [1.29, 1.82) is 5.41 Å². The highest BCUT2D eigenvalue weighted by atomic mass is 14.9. The summed E-state index contributed by atoms with van der Waals surface area (Å²) < 4.78 is 0. The average molecular weight is 203 g/mol. The van der Waals surface area contributed by atoms with Crippen molar-refractivity contribution < 1.29 is 0 Å². The van der Waals surface area contributed by atoms with Gasteiger partial charge in [-0.15, -0.1) is 6.58 Å². The zero-order valence-electron chi connectivity index (χ0n) is 9.03. The van der Waals surface area contributed by atoms with E-state index in [1.807, 2.05) is 18.2 Å². The van der Waals surface area contributed by atoms with Gasteiger partial charge in [-0.2, -0.15) is 0 Å². The minimum Gasteiger partial charge on any atom is -0.383 e. The van der Waals surface area contributed by atoms with Gasteiger partial charge in [0.25, 0.3) is 0 Å². The lowest BCUT2D eigenvalue weighted by molar-refractivity contribution is 0.480. The third-order valence-corrected chi connectivity index (χ3v) is 2.42. The highest BCUT2D eigenvalue weighted by Crippen LogP contribution is 2.21. The van der Waals surface area contributed by atoms with E-state index in [9.17, 15) is 0 Å². The number of nitrogens with one attached hydrogen (secondary N) is 2. The molecule has 0 radical (unpaired) electrons. The van der Waals surface area contributed by atoms with Crippen LogP contribution in [-0.4, -0.2) is 17.7 Å². The molecule has 0 bridgehead atoms. The summed E-state index contributed by atoms with van der Waals surface area (Å²) in [5, 5.41) is 10.4. The van der Waals surface area contributed by atoms with Crippen LogP contribution in [0, 0.1) is 10.8 Å². The fraction of sp³-hybridized carbons (Fsp3) is 0.333. The summed E-state index contributed by atoms with van der Waals surface area (Å²) in [6.07, 6.45) is 7.54. The van der Waals surface area contributed by atoms with E-state index in [4.69, 9.17) is 5.41 Å². The van der Waals surface area contributed by atoms with Gasteiger partial charge in [0.15, 0.2) is 0 Å². The fourth-order valence-electron chi connectivity index (χ4n) is 1.23. The number of hydrogen-bond donors (Lipinski definition) is 2. The first-order valence-electron chi connectivity index (χ1n) is 4.96. The van der Waals surface area contributed by atoms with Crippen LogP contribution in [0.5, 0.6) is 0 Å². The summed E-state index contributed by atoms with van der Waals surface area (Å²) in [4.78, 5) is 4.02. The summed E-state index contributed by atoms with van der Waals surface area (Å²) in [5.41, 5.74) is 0.924. The number of pyridine rings is 1. The van der Waals surface area contributed by atoms with Gasteiger partial charge in [0.1, 0.15) is 0 Å². The lowest BCUT2D eigenvalue weighted by Crippen LogP contribution is -2.24. The molecule has 1 aromatic rings. The van der Waals surface area contributed by atoms with Crippen LogP contribution in [0.1, 0.15) is 13.3 Å². The summed E-state index contributed by atoms with van der Waals surface area (Å²) in [7, 11) is 0. The molecule has 1 aromatic heterocycles. The average Bonchev–Trinajstić information content (AvgIpc) is 2.28. The highest BCUT2D eigenvalue weighted by molar-refractivity contribution is 5.55. The largest absolute Gasteiger partial charge is 0.383 e. The van der Waals surface area contributed by atoms with Gasteiger partial charge in [0.05, 0.1) is 5.69 Å². The molecule has 0 saturated heterocycles. The first-order valence-corrected chi connectivity index (χ1v) is 4.96. The molecule has 80 valence electrons. The minimum absolute atomic E-state index is 0.0718. The lowest BCUT2D eigenvalue weighted by atomic mass is 9.87. The minimum atomic E-state index is -0.0718. The number of hydrogen-bond acceptors (Lipinski definition) is 3. The van der Waals surface area contributed by atoms with Gasteiger partial charge in [0.2, 0.25) is 0 Å². The van der Waals surface area contributed by atoms with Gasteiger partial charge in [0, 0.05) is 24.4 Å². The number of nitrogens with zero attached hydrogens (tertiary/aromatic N) is 1. The van der Waals surface area contributed by atoms with Crippen molar-refractivity contribution in [1.82, 2.24) is 4.98 Å². The quantitative estimate of drug-likeness (QED) is 0.551. The van der Waals surface area contributed by atoms with Crippen LogP contribution in [0.15, 0.2) is 37.2 Å². The summed E-state index contributed by atoms with van der Waals surface area (Å²) in [6.45, 7) is 6.64. The molecule has 0 aliphatic carbocycles. The zero-order chi connectivity index (χ0) is 11.1. The predicted molar refractivity (Wildman–Crippen MR) is 64.4 cm³/mol. The van der Waals surface area contributed by atoms with Crippen LogP contribution < -0.4 is 5.32 Å². The van der Waals surface area contributed by atoms with Crippen molar-refractivity contribution >= 4 is 11.9 Å². The van der Waals surface area contributed by atoms with Gasteiger partial charge < -0.3 is 10.7 Å². The normalized spacial score (nSPS) is 13.9. The van der Waals surface area contributed by atoms with E-state index in [1.165, 1.54) is 6.21 Å². The molecule has 15 heavy (non-hydrogen) atoms. The third-order valence-electron chi connectivity index (χ3n) is 2.42. The van der Waals surface area contributed by atoms with Gasteiger partial charge in [-0.05, 0) is 24.8 Å². The van der Waals surface area contributed by atoms with Crippen LogP contribution >= 0.6 is 0 Å². The van der Waals surface area contributed by atoms with Crippen LogP contribution in [0.25, 0.3) is 0 Å². The summed E-state index contributed by atoms with van der Waals surface area (Å²) in [5.74, 6) is 0. The molecule has 2 N–H and O–H groups in total. The Morgan fingerprint density at radius 1 is 1.67 bits per heavy atom. The van der Waals surface area contributed by atoms with E-state index >= 15 is 0 Å². The smallest absolute Gasteiger partial charge is 0.0527 e. The number of anilines is 1. The molecule has 0 aromatic carbocycles. The van der Waals surface area contributed by atoms with Crippen molar-refractivity contribution in [2.24, 2.45) is 5.41 Å². The van der Waals surface area contributed by atoms with Gasteiger partial charge in [-0.3, -0.25) is 4.98 Å². The predicted octanol–water partition coefficient (Wildman–Crippen LogP) is 2.73. The molecule has 3 nitrogen and oxygen atoms in total. The monoisotopic (exact) mass is 203 g/mol. The number of rotatable bonds is 6. The Kier molecular flexibility index (Phi) is 4.03. The van der Waals surface area contributed by atoms with E-state index in [0.29, 0.717) is 6.42 Å². The molecule has 0 fully saturated rings. The number of aromatic nitrogens is 1. The third kappa shape index (κ3) is 3.54. The van der Waals surface area contributed by atoms with Gasteiger partial charge >= 0.3 is 0 Å². The molecule has 1 rings (SSSR count). The molecule has 0 spiro atoms. The Bertz CT molecular complexity index is 321. The first kappa shape index (κ1) is 11.4. The molecule has 0 saturated carbocycles. The maximum absolute atomic E-state index is 7.13. The van der Waals surface area contributed by atoms with Crippen LogP contribution in [0.3, 0.4) is 0 Å². The van der Waals surface area contributed by atoms with Crippen molar-refractivity contribution in [2.45, 2.75) is 13.3 Å². The Labute approximate surface area is 90.8 Å². The highest BCUT2D eigenvalue weighted by Gasteiger charge is 2.18. The van der Waals surface area contributed by atoms with Crippen molar-refractivity contribution in [3.8, 4) is 0 Å². The summed E-state index contributed by atoms with van der Waals surface area (Å²) in [6, 6.07) is 3.87. The lowest BCUT2D eigenvalue weighted by Gasteiger charge is -2.24.